The Kier molecular flexibility index (Phi) is 3.86. The van der Waals surface area contributed by atoms with E-state index in [9.17, 15) is 0 Å². The zero-order valence-electron chi connectivity index (χ0n) is 9.89. The molecule has 2 aromatic heterocycles. The molecule has 0 amide bonds. The van der Waals surface area contributed by atoms with E-state index in [-0.39, 0.29) is 0 Å². The summed E-state index contributed by atoms with van der Waals surface area (Å²) in [6.07, 6.45) is 5.50. The fourth-order valence-electron chi connectivity index (χ4n) is 1.61. The minimum Gasteiger partial charge on any atom is -0.305 e. The normalized spacial score (nSPS) is 10.8. The smallest absolute Gasteiger partial charge is 0.0718 e. The molecule has 0 aliphatic heterocycles. The van der Waals surface area contributed by atoms with Crippen molar-refractivity contribution >= 4 is 15.9 Å². The highest BCUT2D eigenvalue weighted by Crippen LogP contribution is 2.19. The van der Waals surface area contributed by atoms with Crippen LogP contribution in [0.2, 0.25) is 0 Å². The molecular formula is C13H14BrN3. The average molecular weight is 292 g/mol. The fraction of sp³-hybridized carbons (Fsp3) is 0.231. The standard InChI is InChI=1S/C13H14BrN3/c1-17(2)9-10-3-4-13(16-6-10)11-5-12(14)8-15-7-11/h3-8H,9H2,1-2H3. The van der Waals surface area contributed by atoms with Crippen LogP contribution in [0.15, 0.2) is 41.3 Å². The van der Waals surface area contributed by atoms with Gasteiger partial charge >= 0.3 is 0 Å². The number of halogens is 1. The Hall–Kier alpha value is -1.26. The average Bonchev–Trinajstić information content (AvgIpc) is 2.29. The van der Waals surface area contributed by atoms with Gasteiger partial charge in [-0.15, -0.1) is 0 Å². The van der Waals surface area contributed by atoms with Crippen LogP contribution >= 0.6 is 15.9 Å². The predicted molar refractivity (Wildman–Crippen MR) is 72.6 cm³/mol. The summed E-state index contributed by atoms with van der Waals surface area (Å²) in [7, 11) is 4.10. The second-order valence-corrected chi connectivity index (χ2v) is 5.10. The van der Waals surface area contributed by atoms with Gasteiger partial charge in [0, 0.05) is 35.2 Å². The third-order valence-electron chi connectivity index (χ3n) is 2.32. The van der Waals surface area contributed by atoms with E-state index >= 15 is 0 Å². The third-order valence-corrected chi connectivity index (χ3v) is 2.76. The number of hydrogen-bond acceptors (Lipinski definition) is 3. The molecule has 0 unspecified atom stereocenters. The van der Waals surface area contributed by atoms with E-state index < -0.39 is 0 Å². The van der Waals surface area contributed by atoms with Crippen molar-refractivity contribution in [1.29, 1.82) is 0 Å². The van der Waals surface area contributed by atoms with E-state index in [2.05, 4.69) is 36.9 Å². The van der Waals surface area contributed by atoms with Gasteiger partial charge in [0.1, 0.15) is 0 Å². The first-order valence-corrected chi connectivity index (χ1v) is 6.15. The number of hydrogen-bond donors (Lipinski definition) is 0. The Labute approximate surface area is 110 Å². The molecule has 0 aliphatic carbocycles. The van der Waals surface area contributed by atoms with Gasteiger partial charge in [-0.1, -0.05) is 6.07 Å². The molecule has 0 saturated heterocycles. The van der Waals surface area contributed by atoms with Crippen LogP contribution in [0.5, 0.6) is 0 Å². The van der Waals surface area contributed by atoms with Crippen molar-refractivity contribution in [2.75, 3.05) is 14.1 Å². The highest BCUT2D eigenvalue weighted by atomic mass is 79.9. The molecule has 0 bridgehead atoms. The van der Waals surface area contributed by atoms with Crippen molar-refractivity contribution in [1.82, 2.24) is 14.9 Å². The monoisotopic (exact) mass is 291 g/mol. The lowest BCUT2D eigenvalue weighted by atomic mass is 10.1. The van der Waals surface area contributed by atoms with Gasteiger partial charge in [0.05, 0.1) is 5.69 Å². The molecule has 0 radical (unpaired) electrons. The molecule has 0 aromatic carbocycles. The van der Waals surface area contributed by atoms with Crippen LogP contribution in [0.3, 0.4) is 0 Å². The van der Waals surface area contributed by atoms with Crippen molar-refractivity contribution in [3.63, 3.8) is 0 Å². The first kappa shape index (κ1) is 12.2. The molecule has 0 saturated carbocycles. The largest absolute Gasteiger partial charge is 0.305 e. The van der Waals surface area contributed by atoms with Crippen molar-refractivity contribution in [3.05, 3.63) is 46.8 Å². The Morgan fingerprint density at radius 1 is 1.18 bits per heavy atom. The van der Waals surface area contributed by atoms with Gasteiger partial charge < -0.3 is 4.90 Å². The maximum atomic E-state index is 4.46. The van der Waals surface area contributed by atoms with Crippen LogP contribution in [-0.4, -0.2) is 29.0 Å². The minimum absolute atomic E-state index is 0.907. The fourth-order valence-corrected chi connectivity index (χ4v) is 1.97. The predicted octanol–water partition coefficient (Wildman–Crippen LogP) is 2.97. The summed E-state index contributed by atoms with van der Waals surface area (Å²) in [5.41, 5.74) is 3.18. The van der Waals surface area contributed by atoms with Crippen LogP contribution in [0.25, 0.3) is 11.3 Å². The van der Waals surface area contributed by atoms with Crippen molar-refractivity contribution in [2.24, 2.45) is 0 Å². The van der Waals surface area contributed by atoms with E-state index in [1.807, 2.05) is 38.6 Å². The second-order valence-electron chi connectivity index (χ2n) is 4.18. The Balaban J connectivity index is 2.23. The van der Waals surface area contributed by atoms with Gasteiger partial charge in [-0.05, 0) is 47.7 Å². The molecule has 2 aromatic rings. The second kappa shape index (κ2) is 5.38. The number of nitrogens with zero attached hydrogens (tertiary/aromatic N) is 3. The lowest BCUT2D eigenvalue weighted by Crippen LogP contribution is -2.10. The molecule has 4 heteroatoms. The molecule has 2 heterocycles. The number of rotatable bonds is 3. The zero-order valence-corrected chi connectivity index (χ0v) is 11.5. The summed E-state index contributed by atoms with van der Waals surface area (Å²) in [5.74, 6) is 0. The topological polar surface area (TPSA) is 29.0 Å². The van der Waals surface area contributed by atoms with Crippen LogP contribution in [0.4, 0.5) is 0 Å². The highest BCUT2D eigenvalue weighted by Gasteiger charge is 2.01. The Morgan fingerprint density at radius 2 is 2.00 bits per heavy atom. The van der Waals surface area contributed by atoms with Crippen molar-refractivity contribution in [3.8, 4) is 11.3 Å². The molecule has 17 heavy (non-hydrogen) atoms. The Bertz CT molecular complexity index is 494. The van der Waals surface area contributed by atoms with Gasteiger partial charge in [0.2, 0.25) is 0 Å². The SMILES string of the molecule is CN(C)Cc1ccc(-c2cncc(Br)c2)nc1. The Morgan fingerprint density at radius 3 is 2.59 bits per heavy atom. The summed E-state index contributed by atoms with van der Waals surface area (Å²) in [4.78, 5) is 10.7. The molecule has 0 aliphatic rings. The first-order chi connectivity index (χ1) is 8.15. The van der Waals surface area contributed by atoms with Crippen LogP contribution in [0, 0.1) is 0 Å². The van der Waals surface area contributed by atoms with Gasteiger partial charge in [-0.25, -0.2) is 0 Å². The van der Waals surface area contributed by atoms with Crippen LogP contribution in [0.1, 0.15) is 5.56 Å². The summed E-state index contributed by atoms with van der Waals surface area (Å²) >= 11 is 3.41. The van der Waals surface area contributed by atoms with Gasteiger partial charge in [0.15, 0.2) is 0 Å². The van der Waals surface area contributed by atoms with Crippen molar-refractivity contribution in [2.45, 2.75) is 6.54 Å². The zero-order chi connectivity index (χ0) is 12.3. The summed E-state index contributed by atoms with van der Waals surface area (Å²) in [6.45, 7) is 0.907. The lowest BCUT2D eigenvalue weighted by Gasteiger charge is -2.09. The minimum atomic E-state index is 0.907. The van der Waals surface area contributed by atoms with E-state index in [1.54, 1.807) is 6.20 Å². The van der Waals surface area contributed by atoms with Crippen LogP contribution < -0.4 is 0 Å². The molecular weight excluding hydrogens is 278 g/mol. The van der Waals surface area contributed by atoms with Crippen molar-refractivity contribution < 1.29 is 0 Å². The van der Waals surface area contributed by atoms with E-state index in [1.165, 1.54) is 5.56 Å². The maximum absolute atomic E-state index is 4.46. The molecule has 0 N–H and O–H groups in total. The van der Waals surface area contributed by atoms with E-state index in [0.29, 0.717) is 0 Å². The van der Waals surface area contributed by atoms with E-state index in [4.69, 9.17) is 0 Å². The molecule has 2 rings (SSSR count). The third kappa shape index (κ3) is 3.35. The summed E-state index contributed by atoms with van der Waals surface area (Å²) < 4.78 is 0.967. The quantitative estimate of drug-likeness (QED) is 0.871. The first-order valence-electron chi connectivity index (χ1n) is 5.36. The van der Waals surface area contributed by atoms with Gasteiger partial charge in [-0.2, -0.15) is 0 Å². The van der Waals surface area contributed by atoms with Crippen LogP contribution in [-0.2, 0) is 6.54 Å². The summed E-state index contributed by atoms with van der Waals surface area (Å²) in [5, 5.41) is 0. The van der Waals surface area contributed by atoms with Gasteiger partial charge in [0.25, 0.3) is 0 Å². The molecule has 0 spiro atoms. The van der Waals surface area contributed by atoms with Gasteiger partial charge in [-0.3, -0.25) is 9.97 Å². The van der Waals surface area contributed by atoms with E-state index in [0.717, 1.165) is 22.3 Å². The maximum Gasteiger partial charge on any atom is 0.0718 e. The molecule has 3 nitrogen and oxygen atoms in total. The molecule has 0 atom stereocenters. The highest BCUT2D eigenvalue weighted by molar-refractivity contribution is 9.10. The lowest BCUT2D eigenvalue weighted by molar-refractivity contribution is 0.402. The number of aromatic nitrogens is 2. The summed E-state index contributed by atoms with van der Waals surface area (Å²) in [6, 6.07) is 6.15. The molecule has 0 fully saturated rings. The number of pyridine rings is 2. The molecule has 88 valence electrons.